The van der Waals surface area contributed by atoms with E-state index in [1.165, 1.54) is 12.1 Å². The molecule has 0 aromatic heterocycles. The summed E-state index contributed by atoms with van der Waals surface area (Å²) in [6.07, 6.45) is 2.24. The molecule has 25 heavy (non-hydrogen) atoms. The summed E-state index contributed by atoms with van der Waals surface area (Å²) < 4.78 is 23.9. The molecule has 1 rings (SSSR count). The lowest BCUT2D eigenvalue weighted by Crippen LogP contribution is -2.40. The van der Waals surface area contributed by atoms with Gasteiger partial charge in [0.05, 0.1) is 19.8 Å². The fraction of sp³-hybridized carbons (Fsp3) is 0.611. The van der Waals surface area contributed by atoms with Crippen LogP contribution in [0.1, 0.15) is 25.3 Å². The van der Waals surface area contributed by atoms with Crippen molar-refractivity contribution in [2.45, 2.75) is 26.3 Å². The highest BCUT2D eigenvalue weighted by molar-refractivity contribution is 14.0. The van der Waals surface area contributed by atoms with E-state index in [1.807, 2.05) is 11.9 Å². The first-order valence-electron chi connectivity index (χ1n) is 8.49. The van der Waals surface area contributed by atoms with Gasteiger partial charge >= 0.3 is 0 Å². The molecule has 0 saturated heterocycles. The van der Waals surface area contributed by atoms with Crippen LogP contribution in [0.15, 0.2) is 29.3 Å². The molecule has 0 radical (unpaired) electrons. The van der Waals surface area contributed by atoms with Crippen LogP contribution in [0, 0.1) is 5.82 Å². The fourth-order valence-corrected chi connectivity index (χ4v) is 2.13. The molecule has 0 aliphatic rings. The Hall–Kier alpha value is -0.930. The zero-order chi connectivity index (χ0) is 17.6. The molecule has 0 spiro atoms. The van der Waals surface area contributed by atoms with E-state index in [0.717, 1.165) is 31.0 Å². The Morgan fingerprint density at radius 1 is 1.12 bits per heavy atom. The van der Waals surface area contributed by atoms with Gasteiger partial charge in [0, 0.05) is 33.8 Å². The molecule has 0 heterocycles. The second kappa shape index (κ2) is 15.3. The average Bonchev–Trinajstić information content (AvgIpc) is 2.58. The largest absolute Gasteiger partial charge is 0.379 e. The van der Waals surface area contributed by atoms with Gasteiger partial charge in [0.15, 0.2) is 5.96 Å². The first kappa shape index (κ1) is 24.1. The SMILES string of the molecule is CCCCOCCOCCNC(=NC)N(C)Cc1ccc(F)cc1.I. The molecule has 0 bridgehead atoms. The van der Waals surface area contributed by atoms with Crippen molar-refractivity contribution in [3.05, 3.63) is 35.6 Å². The van der Waals surface area contributed by atoms with Crippen LogP contribution in [0.4, 0.5) is 4.39 Å². The summed E-state index contributed by atoms with van der Waals surface area (Å²) in [5, 5.41) is 3.25. The fourth-order valence-electron chi connectivity index (χ4n) is 2.13. The van der Waals surface area contributed by atoms with Crippen molar-refractivity contribution in [1.29, 1.82) is 0 Å². The van der Waals surface area contributed by atoms with Gasteiger partial charge in [-0.05, 0) is 24.1 Å². The summed E-state index contributed by atoms with van der Waals surface area (Å²) in [7, 11) is 3.69. The second-order valence-corrected chi connectivity index (χ2v) is 5.53. The topological polar surface area (TPSA) is 46.1 Å². The number of hydrogen-bond donors (Lipinski definition) is 1. The van der Waals surface area contributed by atoms with Crippen molar-refractivity contribution in [3.63, 3.8) is 0 Å². The van der Waals surface area contributed by atoms with Crippen molar-refractivity contribution >= 4 is 29.9 Å². The van der Waals surface area contributed by atoms with E-state index >= 15 is 0 Å². The van der Waals surface area contributed by atoms with Crippen LogP contribution in [-0.2, 0) is 16.0 Å². The van der Waals surface area contributed by atoms with Gasteiger partial charge in [-0.3, -0.25) is 4.99 Å². The lowest BCUT2D eigenvalue weighted by Gasteiger charge is -2.22. The number of benzene rings is 1. The molecule has 0 fully saturated rings. The van der Waals surface area contributed by atoms with E-state index in [1.54, 1.807) is 19.2 Å². The van der Waals surface area contributed by atoms with E-state index in [0.29, 0.717) is 32.9 Å². The molecule has 0 aliphatic carbocycles. The minimum Gasteiger partial charge on any atom is -0.379 e. The Balaban J connectivity index is 0.00000576. The molecular weight excluding hydrogens is 436 g/mol. The van der Waals surface area contributed by atoms with Crippen LogP contribution >= 0.6 is 24.0 Å². The first-order chi connectivity index (χ1) is 11.7. The third-order valence-corrected chi connectivity index (χ3v) is 3.45. The number of ether oxygens (including phenoxy) is 2. The Kier molecular flexibility index (Phi) is 14.8. The Morgan fingerprint density at radius 2 is 1.76 bits per heavy atom. The molecule has 0 atom stereocenters. The van der Waals surface area contributed by atoms with Crippen LogP contribution in [0.3, 0.4) is 0 Å². The van der Waals surface area contributed by atoms with Gasteiger partial charge in [-0.25, -0.2) is 4.39 Å². The van der Waals surface area contributed by atoms with Crippen molar-refractivity contribution in [1.82, 2.24) is 10.2 Å². The highest BCUT2D eigenvalue weighted by Crippen LogP contribution is 2.05. The highest BCUT2D eigenvalue weighted by atomic mass is 127. The molecule has 144 valence electrons. The number of aliphatic imine (C=N–C) groups is 1. The maximum Gasteiger partial charge on any atom is 0.193 e. The summed E-state index contributed by atoms with van der Waals surface area (Å²) in [6.45, 7) is 6.13. The van der Waals surface area contributed by atoms with Crippen LogP contribution in [0.25, 0.3) is 0 Å². The molecule has 7 heteroatoms. The standard InChI is InChI=1S/C18H30FN3O2.HI/c1-4-5-11-23-13-14-24-12-10-21-18(20-2)22(3)15-16-6-8-17(19)9-7-16;/h6-9H,4-5,10-15H2,1-3H3,(H,20,21);1H. The summed E-state index contributed by atoms with van der Waals surface area (Å²) >= 11 is 0. The van der Waals surface area contributed by atoms with E-state index in [9.17, 15) is 4.39 Å². The van der Waals surface area contributed by atoms with Crippen LogP contribution in [-0.4, -0.2) is 57.9 Å². The molecule has 0 saturated carbocycles. The summed E-state index contributed by atoms with van der Waals surface area (Å²) in [5.74, 6) is 0.557. The van der Waals surface area contributed by atoms with Gasteiger partial charge < -0.3 is 19.7 Å². The third kappa shape index (κ3) is 11.3. The van der Waals surface area contributed by atoms with Crippen molar-refractivity contribution < 1.29 is 13.9 Å². The number of rotatable bonds is 11. The van der Waals surface area contributed by atoms with Crippen LogP contribution < -0.4 is 5.32 Å². The number of hydrogen-bond acceptors (Lipinski definition) is 3. The maximum atomic E-state index is 12.9. The lowest BCUT2D eigenvalue weighted by atomic mass is 10.2. The summed E-state index contributed by atoms with van der Waals surface area (Å²) in [4.78, 5) is 6.23. The molecule has 1 aromatic rings. The zero-order valence-corrected chi connectivity index (χ0v) is 17.8. The molecular formula is C18H31FIN3O2. The summed E-state index contributed by atoms with van der Waals surface area (Å²) in [5.41, 5.74) is 1.03. The molecule has 0 amide bonds. The maximum absolute atomic E-state index is 12.9. The van der Waals surface area contributed by atoms with Crippen LogP contribution in [0.5, 0.6) is 0 Å². The van der Waals surface area contributed by atoms with E-state index < -0.39 is 0 Å². The second-order valence-electron chi connectivity index (χ2n) is 5.53. The minimum atomic E-state index is -0.222. The van der Waals surface area contributed by atoms with E-state index in [2.05, 4.69) is 17.2 Å². The quantitative estimate of drug-likeness (QED) is 0.235. The normalized spacial score (nSPS) is 11.1. The van der Waals surface area contributed by atoms with Crippen molar-refractivity contribution in [3.8, 4) is 0 Å². The monoisotopic (exact) mass is 467 g/mol. The lowest BCUT2D eigenvalue weighted by molar-refractivity contribution is 0.0486. The van der Waals surface area contributed by atoms with Gasteiger partial charge in [0.2, 0.25) is 0 Å². The van der Waals surface area contributed by atoms with Gasteiger partial charge in [-0.15, -0.1) is 24.0 Å². The van der Waals surface area contributed by atoms with E-state index in [4.69, 9.17) is 9.47 Å². The van der Waals surface area contributed by atoms with Gasteiger partial charge in [-0.2, -0.15) is 0 Å². The average molecular weight is 467 g/mol. The van der Waals surface area contributed by atoms with Crippen molar-refractivity contribution in [2.75, 3.05) is 47.1 Å². The number of nitrogens with zero attached hydrogens (tertiary/aromatic N) is 2. The molecule has 1 N–H and O–H groups in total. The molecule has 0 aliphatic heterocycles. The highest BCUT2D eigenvalue weighted by Gasteiger charge is 2.06. The first-order valence-corrected chi connectivity index (χ1v) is 8.49. The number of halogens is 2. The third-order valence-electron chi connectivity index (χ3n) is 3.45. The van der Waals surface area contributed by atoms with Gasteiger partial charge in [-0.1, -0.05) is 25.5 Å². The molecule has 5 nitrogen and oxygen atoms in total. The minimum absolute atomic E-state index is 0. The van der Waals surface area contributed by atoms with Crippen LogP contribution in [0.2, 0.25) is 0 Å². The number of unbranched alkanes of at least 4 members (excludes halogenated alkanes) is 1. The number of guanidine groups is 1. The zero-order valence-electron chi connectivity index (χ0n) is 15.5. The molecule has 1 aromatic carbocycles. The number of nitrogens with one attached hydrogen (secondary N) is 1. The van der Waals surface area contributed by atoms with E-state index in [-0.39, 0.29) is 29.8 Å². The smallest absolute Gasteiger partial charge is 0.193 e. The van der Waals surface area contributed by atoms with Gasteiger partial charge in [0.1, 0.15) is 5.82 Å². The Bertz CT molecular complexity index is 472. The Labute approximate surface area is 168 Å². The predicted octanol–water partition coefficient (Wildman–Crippen LogP) is 3.28. The van der Waals surface area contributed by atoms with Crippen molar-refractivity contribution in [2.24, 2.45) is 4.99 Å². The Morgan fingerprint density at radius 3 is 2.36 bits per heavy atom. The van der Waals surface area contributed by atoms with Gasteiger partial charge in [0.25, 0.3) is 0 Å². The summed E-state index contributed by atoms with van der Waals surface area (Å²) in [6, 6.07) is 6.49. The molecule has 0 unspecified atom stereocenters. The predicted molar refractivity (Wildman–Crippen MR) is 111 cm³/mol.